The molecular formula is C19H29ClN2O. The second kappa shape index (κ2) is 9.94. The van der Waals surface area contributed by atoms with Crippen LogP contribution >= 0.6 is 11.6 Å². The Morgan fingerprint density at radius 3 is 2.74 bits per heavy atom. The molecule has 1 N–H and O–H groups in total. The summed E-state index contributed by atoms with van der Waals surface area (Å²) in [5, 5.41) is 3.57. The van der Waals surface area contributed by atoms with Gasteiger partial charge in [-0.25, -0.2) is 0 Å². The monoisotopic (exact) mass is 336 g/mol. The molecule has 1 fully saturated rings. The lowest BCUT2D eigenvalue weighted by molar-refractivity contribution is 0.0952. The van der Waals surface area contributed by atoms with Crippen LogP contribution in [0.15, 0.2) is 24.3 Å². The Hall–Kier alpha value is -1.06. The molecule has 3 nitrogen and oxygen atoms in total. The van der Waals surface area contributed by atoms with Crippen molar-refractivity contribution in [1.29, 1.82) is 0 Å². The number of halogens is 1. The van der Waals surface area contributed by atoms with E-state index in [1.54, 1.807) is 24.3 Å². The van der Waals surface area contributed by atoms with Crippen LogP contribution in [0.25, 0.3) is 0 Å². The Labute approximate surface area is 145 Å². The molecule has 2 rings (SSSR count). The molecule has 23 heavy (non-hydrogen) atoms. The largest absolute Gasteiger partial charge is 0.352 e. The fourth-order valence-electron chi connectivity index (χ4n) is 3.30. The highest BCUT2D eigenvalue weighted by Crippen LogP contribution is 2.21. The Bertz CT molecular complexity index is 486. The zero-order valence-electron chi connectivity index (χ0n) is 14.2. The number of hydrogen-bond donors (Lipinski definition) is 1. The molecule has 1 aliphatic rings. The van der Waals surface area contributed by atoms with Gasteiger partial charge in [0.15, 0.2) is 0 Å². The fraction of sp³-hybridized carbons (Fsp3) is 0.632. The van der Waals surface area contributed by atoms with Gasteiger partial charge in [0.25, 0.3) is 5.91 Å². The second-order valence-corrected chi connectivity index (χ2v) is 7.04. The number of amides is 1. The summed E-state index contributed by atoms with van der Waals surface area (Å²) in [6, 6.07) is 7.88. The standard InChI is InChI=1S/C19H29ClN2O/c1-22(18-11-4-2-5-12-18)14-7-3-6-13-21-19(23)16-9-8-10-17(20)15-16/h8-10,15,18H,2-7,11-14H2,1H3,(H,21,23). The van der Waals surface area contributed by atoms with E-state index in [0.717, 1.165) is 25.4 Å². The van der Waals surface area contributed by atoms with Crippen LogP contribution in [0.1, 0.15) is 61.7 Å². The molecule has 1 aliphatic carbocycles. The summed E-state index contributed by atoms with van der Waals surface area (Å²) in [5.74, 6) is -0.0353. The summed E-state index contributed by atoms with van der Waals surface area (Å²) in [4.78, 5) is 14.5. The summed E-state index contributed by atoms with van der Waals surface area (Å²) in [6.07, 6.45) is 10.3. The predicted molar refractivity (Wildman–Crippen MR) is 97.1 cm³/mol. The first-order valence-corrected chi connectivity index (χ1v) is 9.28. The first-order chi connectivity index (χ1) is 11.2. The molecule has 1 amide bonds. The fourth-order valence-corrected chi connectivity index (χ4v) is 3.49. The van der Waals surface area contributed by atoms with Gasteiger partial charge in [-0.15, -0.1) is 0 Å². The van der Waals surface area contributed by atoms with Crippen molar-refractivity contribution in [2.24, 2.45) is 0 Å². The Morgan fingerprint density at radius 2 is 2.00 bits per heavy atom. The third-order valence-electron chi connectivity index (χ3n) is 4.76. The van der Waals surface area contributed by atoms with Crippen LogP contribution in [-0.2, 0) is 0 Å². The van der Waals surface area contributed by atoms with E-state index in [4.69, 9.17) is 11.6 Å². The second-order valence-electron chi connectivity index (χ2n) is 6.60. The quantitative estimate of drug-likeness (QED) is 0.709. The topological polar surface area (TPSA) is 32.3 Å². The molecule has 4 heteroatoms. The first-order valence-electron chi connectivity index (χ1n) is 8.91. The molecule has 0 aromatic heterocycles. The highest BCUT2D eigenvalue weighted by atomic mass is 35.5. The Morgan fingerprint density at radius 1 is 1.22 bits per heavy atom. The molecule has 0 aliphatic heterocycles. The summed E-state index contributed by atoms with van der Waals surface area (Å²) in [6.45, 7) is 1.91. The van der Waals surface area contributed by atoms with Gasteiger partial charge in [0.1, 0.15) is 0 Å². The molecule has 1 saturated carbocycles. The van der Waals surface area contributed by atoms with Crippen molar-refractivity contribution in [3.05, 3.63) is 34.9 Å². The van der Waals surface area contributed by atoms with Gasteiger partial charge in [-0.05, 0) is 57.5 Å². The smallest absolute Gasteiger partial charge is 0.251 e. The predicted octanol–water partition coefficient (Wildman–Crippen LogP) is 4.50. The van der Waals surface area contributed by atoms with Crippen LogP contribution in [0.2, 0.25) is 5.02 Å². The van der Waals surface area contributed by atoms with Crippen molar-refractivity contribution in [2.75, 3.05) is 20.1 Å². The molecule has 0 bridgehead atoms. The van der Waals surface area contributed by atoms with Gasteiger partial charge in [0.05, 0.1) is 0 Å². The minimum Gasteiger partial charge on any atom is -0.352 e. The van der Waals surface area contributed by atoms with Gasteiger partial charge >= 0.3 is 0 Å². The average Bonchev–Trinajstić information content (AvgIpc) is 2.58. The van der Waals surface area contributed by atoms with Crippen LogP contribution in [0.3, 0.4) is 0 Å². The molecule has 0 unspecified atom stereocenters. The molecule has 0 radical (unpaired) electrons. The number of rotatable bonds is 8. The van der Waals surface area contributed by atoms with Crippen LogP contribution in [0, 0.1) is 0 Å². The van der Waals surface area contributed by atoms with Gasteiger partial charge in [0.2, 0.25) is 0 Å². The van der Waals surface area contributed by atoms with E-state index in [0.29, 0.717) is 10.6 Å². The molecule has 0 atom stereocenters. The van der Waals surface area contributed by atoms with Crippen molar-refractivity contribution in [2.45, 2.75) is 57.4 Å². The highest BCUT2D eigenvalue weighted by molar-refractivity contribution is 6.30. The molecular weight excluding hydrogens is 308 g/mol. The van der Waals surface area contributed by atoms with E-state index in [1.165, 1.54) is 45.1 Å². The normalized spacial score (nSPS) is 15.8. The number of nitrogens with one attached hydrogen (secondary N) is 1. The molecule has 0 saturated heterocycles. The van der Waals surface area contributed by atoms with Gasteiger partial charge < -0.3 is 10.2 Å². The minimum atomic E-state index is -0.0353. The van der Waals surface area contributed by atoms with Gasteiger partial charge in [-0.3, -0.25) is 4.79 Å². The van der Waals surface area contributed by atoms with Crippen LogP contribution < -0.4 is 5.32 Å². The number of carbonyl (C=O) groups excluding carboxylic acids is 1. The molecule has 0 heterocycles. The van der Waals surface area contributed by atoms with Gasteiger partial charge in [-0.1, -0.05) is 43.4 Å². The van der Waals surface area contributed by atoms with E-state index < -0.39 is 0 Å². The lowest BCUT2D eigenvalue weighted by Crippen LogP contribution is -2.34. The molecule has 128 valence electrons. The number of unbranched alkanes of at least 4 members (excludes halogenated alkanes) is 2. The van der Waals surface area contributed by atoms with Crippen LogP contribution in [-0.4, -0.2) is 37.0 Å². The third-order valence-corrected chi connectivity index (χ3v) is 4.99. The average molecular weight is 337 g/mol. The SMILES string of the molecule is CN(CCCCCNC(=O)c1cccc(Cl)c1)C1CCCCC1. The third kappa shape index (κ3) is 6.52. The maximum Gasteiger partial charge on any atom is 0.251 e. The number of nitrogens with zero attached hydrogens (tertiary/aromatic N) is 1. The van der Waals surface area contributed by atoms with Crippen LogP contribution in [0.5, 0.6) is 0 Å². The van der Waals surface area contributed by atoms with E-state index in [2.05, 4.69) is 17.3 Å². The maximum absolute atomic E-state index is 12.0. The molecule has 0 spiro atoms. The van der Waals surface area contributed by atoms with Crippen molar-refractivity contribution in [3.8, 4) is 0 Å². The Balaban J connectivity index is 1.54. The lowest BCUT2D eigenvalue weighted by Gasteiger charge is -2.31. The summed E-state index contributed by atoms with van der Waals surface area (Å²) < 4.78 is 0. The minimum absolute atomic E-state index is 0.0353. The number of carbonyl (C=O) groups is 1. The van der Waals surface area contributed by atoms with E-state index >= 15 is 0 Å². The van der Waals surface area contributed by atoms with Crippen molar-refractivity contribution in [3.63, 3.8) is 0 Å². The zero-order chi connectivity index (χ0) is 16.5. The first kappa shape index (κ1) is 18.3. The summed E-state index contributed by atoms with van der Waals surface area (Å²) in [5.41, 5.74) is 0.634. The van der Waals surface area contributed by atoms with Crippen molar-refractivity contribution in [1.82, 2.24) is 10.2 Å². The van der Waals surface area contributed by atoms with Crippen LogP contribution in [0.4, 0.5) is 0 Å². The number of benzene rings is 1. The zero-order valence-corrected chi connectivity index (χ0v) is 14.9. The molecule has 1 aromatic carbocycles. The van der Waals surface area contributed by atoms with Crippen molar-refractivity contribution >= 4 is 17.5 Å². The van der Waals surface area contributed by atoms with Gasteiger partial charge in [-0.2, -0.15) is 0 Å². The Kier molecular flexibility index (Phi) is 7.90. The number of hydrogen-bond acceptors (Lipinski definition) is 2. The van der Waals surface area contributed by atoms with E-state index in [9.17, 15) is 4.79 Å². The van der Waals surface area contributed by atoms with Gasteiger partial charge in [0, 0.05) is 23.2 Å². The summed E-state index contributed by atoms with van der Waals surface area (Å²) >= 11 is 5.90. The lowest BCUT2D eigenvalue weighted by atomic mass is 9.94. The summed E-state index contributed by atoms with van der Waals surface area (Å²) in [7, 11) is 2.26. The van der Waals surface area contributed by atoms with E-state index in [1.807, 2.05) is 0 Å². The highest BCUT2D eigenvalue weighted by Gasteiger charge is 2.17. The molecule has 1 aromatic rings. The van der Waals surface area contributed by atoms with E-state index in [-0.39, 0.29) is 5.91 Å². The van der Waals surface area contributed by atoms with Crippen molar-refractivity contribution < 1.29 is 4.79 Å². The maximum atomic E-state index is 12.0.